The van der Waals surface area contributed by atoms with E-state index in [1.165, 1.54) is 6.07 Å². The second-order valence-electron chi connectivity index (χ2n) is 4.61. The molecular weight excluding hydrogens is 277 g/mol. The summed E-state index contributed by atoms with van der Waals surface area (Å²) < 4.78 is 19.4. The second kappa shape index (κ2) is 5.17. The van der Waals surface area contributed by atoms with E-state index in [1.54, 1.807) is 12.1 Å². The number of benzene rings is 2. The molecule has 102 valence electrons. The molecule has 3 aromatic rings. The van der Waals surface area contributed by atoms with Gasteiger partial charge in [0.2, 0.25) is 0 Å². The molecule has 0 fully saturated rings. The predicted octanol–water partition coefficient (Wildman–Crippen LogP) is 5.15. The molecule has 3 rings (SSSR count). The first-order valence-electron chi connectivity index (χ1n) is 6.31. The van der Waals surface area contributed by atoms with Crippen molar-refractivity contribution in [2.75, 3.05) is 5.32 Å². The van der Waals surface area contributed by atoms with E-state index < -0.39 is 0 Å². The monoisotopic (exact) mass is 289 g/mol. The molecule has 0 amide bonds. The van der Waals surface area contributed by atoms with Crippen LogP contribution in [0.4, 0.5) is 10.1 Å². The molecule has 2 aromatic carbocycles. The van der Waals surface area contributed by atoms with Gasteiger partial charge in [-0.25, -0.2) is 4.39 Å². The van der Waals surface area contributed by atoms with Gasteiger partial charge in [0.1, 0.15) is 17.2 Å². The normalized spacial score (nSPS) is 10.9. The molecule has 0 saturated carbocycles. The SMILES string of the molecule is Cc1oc2ccccc2c1CNc1ccc(Cl)cc1F. The summed E-state index contributed by atoms with van der Waals surface area (Å²) >= 11 is 5.74. The summed E-state index contributed by atoms with van der Waals surface area (Å²) in [5.41, 5.74) is 2.31. The number of nitrogens with one attached hydrogen (secondary N) is 1. The van der Waals surface area contributed by atoms with Crippen LogP contribution in [0, 0.1) is 12.7 Å². The van der Waals surface area contributed by atoms with Crippen LogP contribution in [0.15, 0.2) is 46.9 Å². The Kier molecular flexibility index (Phi) is 3.36. The summed E-state index contributed by atoms with van der Waals surface area (Å²) in [5, 5.41) is 4.52. The number of hydrogen-bond donors (Lipinski definition) is 1. The molecule has 0 aliphatic carbocycles. The second-order valence-corrected chi connectivity index (χ2v) is 5.05. The van der Waals surface area contributed by atoms with Gasteiger partial charge in [-0.05, 0) is 31.2 Å². The summed E-state index contributed by atoms with van der Waals surface area (Å²) in [5.74, 6) is 0.482. The van der Waals surface area contributed by atoms with E-state index in [4.69, 9.17) is 16.0 Å². The molecule has 4 heteroatoms. The van der Waals surface area contributed by atoms with Crippen LogP contribution in [0.5, 0.6) is 0 Å². The lowest BCUT2D eigenvalue weighted by atomic mass is 10.1. The lowest BCUT2D eigenvalue weighted by Gasteiger charge is -2.07. The Balaban J connectivity index is 1.88. The minimum atomic E-state index is -0.358. The number of rotatable bonds is 3. The molecule has 0 radical (unpaired) electrons. The van der Waals surface area contributed by atoms with Gasteiger partial charge in [0.15, 0.2) is 0 Å². The van der Waals surface area contributed by atoms with Crippen LogP contribution in [0.2, 0.25) is 5.02 Å². The lowest BCUT2D eigenvalue weighted by Crippen LogP contribution is -2.02. The van der Waals surface area contributed by atoms with Crippen LogP contribution < -0.4 is 5.32 Å². The van der Waals surface area contributed by atoms with E-state index in [0.29, 0.717) is 17.3 Å². The van der Waals surface area contributed by atoms with Gasteiger partial charge >= 0.3 is 0 Å². The summed E-state index contributed by atoms with van der Waals surface area (Å²) in [7, 11) is 0. The van der Waals surface area contributed by atoms with Crippen molar-refractivity contribution >= 4 is 28.3 Å². The first kappa shape index (κ1) is 13.0. The maximum Gasteiger partial charge on any atom is 0.147 e. The third-order valence-electron chi connectivity index (χ3n) is 3.29. The highest BCUT2D eigenvalue weighted by atomic mass is 35.5. The topological polar surface area (TPSA) is 25.2 Å². The van der Waals surface area contributed by atoms with Crippen molar-refractivity contribution in [3.05, 3.63) is 64.6 Å². The van der Waals surface area contributed by atoms with Crippen LogP contribution in [0.25, 0.3) is 11.0 Å². The minimum absolute atomic E-state index is 0.358. The Morgan fingerprint density at radius 1 is 1.20 bits per heavy atom. The number of hydrogen-bond acceptors (Lipinski definition) is 2. The van der Waals surface area contributed by atoms with Gasteiger partial charge in [-0.2, -0.15) is 0 Å². The van der Waals surface area contributed by atoms with Gasteiger partial charge < -0.3 is 9.73 Å². The fourth-order valence-electron chi connectivity index (χ4n) is 2.26. The van der Waals surface area contributed by atoms with Crippen molar-refractivity contribution in [1.29, 1.82) is 0 Å². The van der Waals surface area contributed by atoms with E-state index in [0.717, 1.165) is 22.3 Å². The molecule has 20 heavy (non-hydrogen) atoms. The zero-order chi connectivity index (χ0) is 14.1. The standard InChI is InChI=1S/C16H13ClFNO/c1-10-13(12-4-2-3-5-16(12)20-10)9-19-15-7-6-11(17)8-14(15)18/h2-8,19H,9H2,1H3. The highest BCUT2D eigenvalue weighted by molar-refractivity contribution is 6.30. The van der Waals surface area contributed by atoms with Gasteiger partial charge in [-0.1, -0.05) is 29.8 Å². The Morgan fingerprint density at radius 2 is 2.00 bits per heavy atom. The van der Waals surface area contributed by atoms with Gasteiger partial charge in [0.05, 0.1) is 5.69 Å². The van der Waals surface area contributed by atoms with E-state index in [2.05, 4.69) is 5.32 Å². The lowest BCUT2D eigenvalue weighted by molar-refractivity contribution is 0.572. The number of anilines is 1. The quantitative estimate of drug-likeness (QED) is 0.721. The molecule has 0 aliphatic rings. The van der Waals surface area contributed by atoms with Crippen molar-refractivity contribution < 1.29 is 8.81 Å². The van der Waals surface area contributed by atoms with Gasteiger partial charge in [-0.3, -0.25) is 0 Å². The summed E-state index contributed by atoms with van der Waals surface area (Å²) in [4.78, 5) is 0. The molecule has 1 aromatic heterocycles. The maximum atomic E-state index is 13.7. The van der Waals surface area contributed by atoms with Crippen LogP contribution in [-0.2, 0) is 6.54 Å². The Labute approximate surface area is 121 Å². The Hall–Kier alpha value is -2.00. The number of para-hydroxylation sites is 1. The molecule has 0 unspecified atom stereocenters. The zero-order valence-electron chi connectivity index (χ0n) is 10.9. The Bertz CT molecular complexity index is 766. The smallest absolute Gasteiger partial charge is 0.147 e. The van der Waals surface area contributed by atoms with Crippen molar-refractivity contribution in [2.45, 2.75) is 13.5 Å². The largest absolute Gasteiger partial charge is 0.461 e. The number of aryl methyl sites for hydroxylation is 1. The highest BCUT2D eigenvalue weighted by Crippen LogP contribution is 2.27. The van der Waals surface area contributed by atoms with Crippen LogP contribution in [-0.4, -0.2) is 0 Å². The summed E-state index contributed by atoms with van der Waals surface area (Å²) in [6, 6.07) is 12.4. The van der Waals surface area contributed by atoms with E-state index in [1.807, 2.05) is 31.2 Å². The molecule has 0 bridgehead atoms. The molecular formula is C16H13ClFNO. The summed E-state index contributed by atoms with van der Waals surface area (Å²) in [6.45, 7) is 2.41. The van der Waals surface area contributed by atoms with Crippen LogP contribution >= 0.6 is 11.6 Å². The highest BCUT2D eigenvalue weighted by Gasteiger charge is 2.11. The minimum Gasteiger partial charge on any atom is -0.461 e. The molecule has 1 heterocycles. The van der Waals surface area contributed by atoms with Gasteiger partial charge in [0.25, 0.3) is 0 Å². The average Bonchev–Trinajstić information content (AvgIpc) is 2.74. The van der Waals surface area contributed by atoms with Crippen molar-refractivity contribution in [1.82, 2.24) is 0 Å². The Morgan fingerprint density at radius 3 is 2.80 bits per heavy atom. The molecule has 0 atom stereocenters. The fourth-order valence-corrected chi connectivity index (χ4v) is 2.42. The molecule has 1 N–H and O–H groups in total. The predicted molar refractivity (Wildman–Crippen MR) is 79.7 cm³/mol. The molecule has 0 saturated heterocycles. The third kappa shape index (κ3) is 2.37. The third-order valence-corrected chi connectivity index (χ3v) is 3.52. The molecule has 0 spiro atoms. The average molecular weight is 290 g/mol. The van der Waals surface area contributed by atoms with Gasteiger partial charge in [-0.15, -0.1) is 0 Å². The van der Waals surface area contributed by atoms with Crippen molar-refractivity contribution in [3.8, 4) is 0 Å². The summed E-state index contributed by atoms with van der Waals surface area (Å²) in [6.07, 6.45) is 0. The number of fused-ring (bicyclic) bond motifs is 1. The van der Waals surface area contributed by atoms with Gasteiger partial charge in [0, 0.05) is 22.5 Å². The fraction of sp³-hybridized carbons (Fsp3) is 0.125. The first-order chi connectivity index (χ1) is 9.65. The molecule has 2 nitrogen and oxygen atoms in total. The number of furan rings is 1. The van der Waals surface area contributed by atoms with E-state index >= 15 is 0 Å². The van der Waals surface area contributed by atoms with E-state index in [9.17, 15) is 4.39 Å². The molecule has 0 aliphatic heterocycles. The van der Waals surface area contributed by atoms with Crippen LogP contribution in [0.1, 0.15) is 11.3 Å². The van der Waals surface area contributed by atoms with Crippen molar-refractivity contribution in [3.63, 3.8) is 0 Å². The van der Waals surface area contributed by atoms with Crippen molar-refractivity contribution in [2.24, 2.45) is 0 Å². The first-order valence-corrected chi connectivity index (χ1v) is 6.69. The maximum absolute atomic E-state index is 13.7. The number of halogens is 2. The van der Waals surface area contributed by atoms with Crippen LogP contribution in [0.3, 0.4) is 0 Å². The van der Waals surface area contributed by atoms with E-state index in [-0.39, 0.29) is 5.82 Å². The zero-order valence-corrected chi connectivity index (χ0v) is 11.7.